The Morgan fingerprint density at radius 3 is 2.22 bits per heavy atom. The van der Waals surface area contributed by atoms with E-state index in [0.717, 1.165) is 0 Å². The fourth-order valence-electron chi connectivity index (χ4n) is 2.49. The summed E-state index contributed by atoms with van der Waals surface area (Å²) in [5.41, 5.74) is 0. The number of hydrogen-bond donors (Lipinski definition) is 3. The van der Waals surface area contributed by atoms with Crippen LogP contribution in [0.3, 0.4) is 0 Å². The Morgan fingerprint density at radius 1 is 1.22 bits per heavy atom. The molecule has 0 aliphatic heterocycles. The highest BCUT2D eigenvalue weighted by Crippen LogP contribution is 2.37. The first-order valence-corrected chi connectivity index (χ1v) is 7.55. The van der Waals surface area contributed by atoms with Crippen LogP contribution in [0.1, 0.15) is 39.5 Å². The second-order valence-electron chi connectivity index (χ2n) is 5.88. The number of halogens is 4. The van der Waals surface area contributed by atoms with Gasteiger partial charge in [0.05, 0.1) is 12.5 Å². The number of nitrogens with zero attached hydrogens (tertiary/aromatic N) is 1. The minimum absolute atomic E-state index is 0. The summed E-state index contributed by atoms with van der Waals surface area (Å²) >= 11 is 0. The van der Waals surface area contributed by atoms with Crippen molar-refractivity contribution in [2.24, 2.45) is 10.9 Å². The van der Waals surface area contributed by atoms with Gasteiger partial charge in [-0.05, 0) is 39.5 Å². The highest BCUT2D eigenvalue weighted by atomic mass is 127. The van der Waals surface area contributed by atoms with Crippen LogP contribution in [0.4, 0.5) is 13.2 Å². The van der Waals surface area contributed by atoms with Crippen LogP contribution < -0.4 is 16.0 Å². The van der Waals surface area contributed by atoms with Crippen LogP contribution in [0.5, 0.6) is 0 Å². The minimum atomic E-state index is -4.10. The number of carbonyl (C=O) groups excluding carboxylic acids is 1. The second kappa shape index (κ2) is 10.2. The van der Waals surface area contributed by atoms with Gasteiger partial charge in [-0.25, -0.2) is 0 Å². The average molecular weight is 450 g/mol. The lowest BCUT2D eigenvalue weighted by Crippen LogP contribution is -2.48. The zero-order valence-electron chi connectivity index (χ0n) is 13.7. The summed E-state index contributed by atoms with van der Waals surface area (Å²) < 4.78 is 37.8. The number of guanidine groups is 1. The van der Waals surface area contributed by atoms with Crippen molar-refractivity contribution in [3.05, 3.63) is 0 Å². The van der Waals surface area contributed by atoms with Crippen LogP contribution in [-0.2, 0) is 4.79 Å². The van der Waals surface area contributed by atoms with Gasteiger partial charge in [0, 0.05) is 19.1 Å². The van der Waals surface area contributed by atoms with E-state index in [4.69, 9.17) is 0 Å². The van der Waals surface area contributed by atoms with Gasteiger partial charge in [0.1, 0.15) is 0 Å². The quantitative estimate of drug-likeness (QED) is 0.350. The number of carbonyl (C=O) groups is 1. The Morgan fingerprint density at radius 2 is 1.78 bits per heavy atom. The molecule has 0 saturated heterocycles. The molecule has 0 spiro atoms. The fraction of sp³-hybridized carbons (Fsp3) is 0.857. The average Bonchev–Trinajstić information content (AvgIpc) is 2.42. The summed E-state index contributed by atoms with van der Waals surface area (Å²) in [6.45, 7) is 3.81. The zero-order valence-corrected chi connectivity index (χ0v) is 16.0. The molecule has 1 amide bonds. The second-order valence-corrected chi connectivity index (χ2v) is 5.88. The van der Waals surface area contributed by atoms with E-state index in [1.165, 1.54) is 0 Å². The van der Waals surface area contributed by atoms with E-state index in [1.54, 1.807) is 7.05 Å². The maximum atomic E-state index is 12.6. The highest BCUT2D eigenvalue weighted by Gasteiger charge is 2.41. The molecule has 3 N–H and O–H groups in total. The number of aliphatic imine (C=N–C) groups is 1. The lowest BCUT2D eigenvalue weighted by molar-refractivity contribution is -0.182. The summed E-state index contributed by atoms with van der Waals surface area (Å²) in [4.78, 5) is 15.5. The number of rotatable bonds is 4. The first kappa shape index (κ1) is 22.3. The Hall–Kier alpha value is -0.740. The van der Waals surface area contributed by atoms with Gasteiger partial charge in [-0.1, -0.05) is 0 Å². The highest BCUT2D eigenvalue weighted by molar-refractivity contribution is 14.0. The van der Waals surface area contributed by atoms with Gasteiger partial charge in [-0.3, -0.25) is 9.79 Å². The monoisotopic (exact) mass is 450 g/mol. The molecule has 1 fully saturated rings. The lowest BCUT2D eigenvalue weighted by atomic mass is 9.85. The van der Waals surface area contributed by atoms with Crippen LogP contribution in [0.15, 0.2) is 4.99 Å². The third-order valence-corrected chi connectivity index (χ3v) is 3.62. The molecule has 1 saturated carbocycles. The van der Waals surface area contributed by atoms with Crippen molar-refractivity contribution in [3.63, 3.8) is 0 Å². The van der Waals surface area contributed by atoms with Gasteiger partial charge in [-0.2, -0.15) is 13.2 Å². The molecule has 1 rings (SSSR count). The maximum Gasteiger partial charge on any atom is 0.391 e. The largest absolute Gasteiger partial charge is 0.391 e. The van der Waals surface area contributed by atoms with E-state index in [0.29, 0.717) is 18.8 Å². The number of hydrogen-bond acceptors (Lipinski definition) is 2. The first-order valence-electron chi connectivity index (χ1n) is 7.55. The summed E-state index contributed by atoms with van der Waals surface area (Å²) in [6.07, 6.45) is -2.94. The number of nitrogens with one attached hydrogen (secondary N) is 3. The molecule has 136 valence electrons. The van der Waals surface area contributed by atoms with Gasteiger partial charge in [-0.15, -0.1) is 24.0 Å². The molecule has 0 heterocycles. The molecule has 5 nitrogen and oxygen atoms in total. The molecular formula is C14H26F3IN4O. The van der Waals surface area contributed by atoms with Crippen LogP contribution in [0, 0.1) is 5.92 Å². The summed E-state index contributed by atoms with van der Waals surface area (Å²) in [5, 5.41) is 8.68. The molecule has 0 unspecified atom stereocenters. The van der Waals surface area contributed by atoms with E-state index >= 15 is 0 Å². The van der Waals surface area contributed by atoms with E-state index in [9.17, 15) is 18.0 Å². The molecule has 23 heavy (non-hydrogen) atoms. The van der Waals surface area contributed by atoms with Crippen molar-refractivity contribution in [2.45, 2.75) is 57.8 Å². The molecular weight excluding hydrogens is 424 g/mol. The smallest absolute Gasteiger partial charge is 0.354 e. The maximum absolute atomic E-state index is 12.6. The van der Waals surface area contributed by atoms with Crippen molar-refractivity contribution in [1.29, 1.82) is 0 Å². The Bertz CT molecular complexity index is 394. The lowest BCUT2D eigenvalue weighted by Gasteiger charge is -2.31. The Kier molecular flexibility index (Phi) is 9.86. The topological polar surface area (TPSA) is 65.5 Å². The van der Waals surface area contributed by atoms with Crippen LogP contribution in [-0.4, -0.2) is 43.7 Å². The van der Waals surface area contributed by atoms with Gasteiger partial charge in [0.15, 0.2) is 5.96 Å². The van der Waals surface area contributed by atoms with E-state index in [2.05, 4.69) is 20.9 Å². The molecule has 0 atom stereocenters. The predicted molar refractivity (Wildman–Crippen MR) is 95.0 cm³/mol. The van der Waals surface area contributed by atoms with Crippen LogP contribution in [0.2, 0.25) is 0 Å². The summed E-state index contributed by atoms with van der Waals surface area (Å²) in [7, 11) is 1.57. The molecule has 0 aromatic rings. The van der Waals surface area contributed by atoms with Gasteiger partial charge in [0.2, 0.25) is 5.91 Å². The van der Waals surface area contributed by atoms with Gasteiger partial charge >= 0.3 is 6.18 Å². The van der Waals surface area contributed by atoms with Crippen molar-refractivity contribution < 1.29 is 18.0 Å². The third kappa shape index (κ3) is 8.61. The van der Waals surface area contributed by atoms with Crippen molar-refractivity contribution >= 4 is 35.8 Å². The normalized spacial score (nSPS) is 22.3. The number of amides is 1. The molecule has 0 aromatic heterocycles. The van der Waals surface area contributed by atoms with Gasteiger partial charge < -0.3 is 16.0 Å². The number of alkyl halides is 3. The molecule has 0 bridgehead atoms. The minimum Gasteiger partial charge on any atom is -0.354 e. The summed E-state index contributed by atoms with van der Waals surface area (Å²) in [6, 6.07) is 0.0138. The molecule has 1 aliphatic rings. The molecule has 0 aromatic carbocycles. The van der Waals surface area contributed by atoms with E-state index < -0.39 is 12.1 Å². The zero-order chi connectivity index (χ0) is 16.8. The third-order valence-electron chi connectivity index (χ3n) is 3.62. The molecule has 9 heteroatoms. The first-order chi connectivity index (χ1) is 10.2. The van der Waals surface area contributed by atoms with E-state index in [-0.39, 0.29) is 61.4 Å². The Balaban J connectivity index is 0.00000484. The van der Waals surface area contributed by atoms with Crippen molar-refractivity contribution in [2.75, 3.05) is 13.6 Å². The van der Waals surface area contributed by atoms with Gasteiger partial charge in [0.25, 0.3) is 0 Å². The standard InChI is InChI=1S/C14H25F3N4O.HI/c1-9(2)20-12(22)8-19-13(18-3)21-11-6-4-10(5-7-11)14(15,16)17;/h9-11H,4-8H2,1-3H3,(H,20,22)(H2,18,19,21);1H. The fourth-order valence-corrected chi connectivity index (χ4v) is 2.49. The SMILES string of the molecule is CN=C(NCC(=O)NC(C)C)NC1CCC(C(F)(F)F)CC1.I. The van der Waals surface area contributed by atoms with Crippen LogP contribution in [0.25, 0.3) is 0 Å². The molecule has 1 aliphatic carbocycles. The van der Waals surface area contributed by atoms with Crippen LogP contribution >= 0.6 is 24.0 Å². The summed E-state index contributed by atoms with van der Waals surface area (Å²) in [5.74, 6) is -0.912. The molecule has 0 radical (unpaired) electrons. The van der Waals surface area contributed by atoms with Crippen molar-refractivity contribution in [3.8, 4) is 0 Å². The predicted octanol–water partition coefficient (Wildman–Crippen LogP) is 2.42. The van der Waals surface area contributed by atoms with Crippen molar-refractivity contribution in [1.82, 2.24) is 16.0 Å². The van der Waals surface area contributed by atoms with E-state index in [1.807, 2.05) is 13.8 Å². The Labute approximate surface area is 152 Å².